The summed E-state index contributed by atoms with van der Waals surface area (Å²) >= 11 is 0. The minimum absolute atomic E-state index is 0.0258. The molecule has 8 heteroatoms. The SMILES string of the molecule is CCc1cc(-c2cc(C(=O)O)n(C3C=COO3)n2)c(O)cc1O. The molecule has 8 nitrogen and oxygen atoms in total. The predicted molar refractivity (Wildman–Crippen MR) is 77.7 cm³/mol. The number of hydrogen-bond acceptors (Lipinski definition) is 6. The Hall–Kier alpha value is -3.00. The van der Waals surface area contributed by atoms with Gasteiger partial charge in [0.25, 0.3) is 0 Å². The lowest BCUT2D eigenvalue weighted by Gasteiger charge is -2.09. The Bertz CT molecular complexity index is 796. The molecule has 1 unspecified atom stereocenters. The summed E-state index contributed by atoms with van der Waals surface area (Å²) in [7, 11) is 0. The molecule has 0 aliphatic carbocycles. The number of hydrogen-bond donors (Lipinski definition) is 3. The predicted octanol–water partition coefficient (Wildman–Crippen LogP) is 2.20. The average Bonchev–Trinajstić information content (AvgIpc) is 3.16. The van der Waals surface area contributed by atoms with Crippen molar-refractivity contribution in [2.75, 3.05) is 0 Å². The summed E-state index contributed by atoms with van der Waals surface area (Å²) in [6, 6.07) is 4.11. The van der Waals surface area contributed by atoms with Crippen molar-refractivity contribution in [2.24, 2.45) is 0 Å². The Morgan fingerprint density at radius 2 is 2.09 bits per heavy atom. The third kappa shape index (κ3) is 2.59. The van der Waals surface area contributed by atoms with E-state index in [0.717, 1.165) is 4.68 Å². The fourth-order valence-electron chi connectivity index (χ4n) is 2.33. The van der Waals surface area contributed by atoms with Gasteiger partial charge in [-0.05, 0) is 24.1 Å². The number of nitrogens with zero attached hydrogens (tertiary/aromatic N) is 2. The molecule has 0 saturated carbocycles. The number of aromatic hydroxyl groups is 2. The molecule has 0 bridgehead atoms. The summed E-state index contributed by atoms with van der Waals surface area (Å²) in [5.41, 5.74) is 1.07. The zero-order chi connectivity index (χ0) is 16.6. The van der Waals surface area contributed by atoms with Gasteiger partial charge in [0, 0.05) is 17.7 Å². The first-order valence-corrected chi connectivity index (χ1v) is 6.88. The van der Waals surface area contributed by atoms with E-state index in [1.54, 1.807) is 6.07 Å². The molecule has 1 aliphatic heterocycles. The van der Waals surface area contributed by atoms with Gasteiger partial charge in [-0.15, -0.1) is 0 Å². The molecule has 0 spiro atoms. The molecule has 1 aromatic carbocycles. The molecule has 120 valence electrons. The van der Waals surface area contributed by atoms with E-state index >= 15 is 0 Å². The number of phenolic OH excluding ortho intramolecular Hbond substituents is 2. The maximum absolute atomic E-state index is 11.4. The molecule has 3 N–H and O–H groups in total. The maximum atomic E-state index is 11.4. The third-order valence-corrected chi connectivity index (χ3v) is 3.50. The van der Waals surface area contributed by atoms with Gasteiger partial charge in [0.2, 0.25) is 6.23 Å². The number of phenols is 2. The van der Waals surface area contributed by atoms with Gasteiger partial charge in [-0.3, -0.25) is 0 Å². The van der Waals surface area contributed by atoms with Gasteiger partial charge >= 0.3 is 5.97 Å². The zero-order valence-electron chi connectivity index (χ0n) is 12.1. The van der Waals surface area contributed by atoms with E-state index in [0.29, 0.717) is 17.5 Å². The van der Waals surface area contributed by atoms with Crippen LogP contribution < -0.4 is 0 Å². The van der Waals surface area contributed by atoms with Crippen molar-refractivity contribution in [3.8, 4) is 22.8 Å². The van der Waals surface area contributed by atoms with Crippen molar-refractivity contribution in [1.82, 2.24) is 9.78 Å². The van der Waals surface area contributed by atoms with Gasteiger partial charge in [0.05, 0.1) is 5.69 Å². The van der Waals surface area contributed by atoms with Crippen LogP contribution in [0.4, 0.5) is 0 Å². The Balaban J connectivity index is 2.12. The molecular weight excluding hydrogens is 304 g/mol. The Kier molecular flexibility index (Phi) is 3.67. The van der Waals surface area contributed by atoms with E-state index < -0.39 is 12.2 Å². The highest BCUT2D eigenvalue weighted by atomic mass is 17.2. The summed E-state index contributed by atoms with van der Waals surface area (Å²) in [5.74, 6) is -1.41. The highest BCUT2D eigenvalue weighted by Gasteiger charge is 2.25. The largest absolute Gasteiger partial charge is 0.508 e. The number of aromatic nitrogens is 2. The van der Waals surface area contributed by atoms with Gasteiger partial charge in [-0.25, -0.2) is 9.48 Å². The van der Waals surface area contributed by atoms with Gasteiger partial charge < -0.3 is 20.2 Å². The molecular formula is C15H14N2O6. The number of benzene rings is 1. The highest BCUT2D eigenvalue weighted by Crippen LogP contribution is 2.35. The standard InChI is InChI=1S/C15H14N2O6/c1-2-8-5-9(13(19)7-12(8)18)10-6-11(15(20)21)17(16-10)14-3-4-22-23-14/h3-7,14,18-19H,2H2,1H3,(H,20,21). The second-order valence-corrected chi connectivity index (χ2v) is 4.93. The van der Waals surface area contributed by atoms with Gasteiger partial charge in [-0.1, -0.05) is 6.92 Å². The molecule has 1 aromatic heterocycles. The van der Waals surface area contributed by atoms with Gasteiger partial charge in [0.15, 0.2) is 0 Å². The second kappa shape index (κ2) is 5.65. The summed E-state index contributed by atoms with van der Waals surface area (Å²) in [5, 5.41) is 33.3. The first kappa shape index (κ1) is 14.9. The first-order chi connectivity index (χ1) is 11.0. The number of carboxylic acids is 1. The lowest BCUT2D eigenvalue weighted by atomic mass is 10.0. The van der Waals surface area contributed by atoms with Crippen LogP contribution >= 0.6 is 0 Å². The topological polar surface area (TPSA) is 114 Å². The third-order valence-electron chi connectivity index (χ3n) is 3.50. The Morgan fingerprint density at radius 1 is 1.30 bits per heavy atom. The minimum Gasteiger partial charge on any atom is -0.508 e. The average molecular weight is 318 g/mol. The molecule has 2 aromatic rings. The normalized spacial score (nSPS) is 16.5. The molecule has 1 atom stereocenters. The van der Waals surface area contributed by atoms with E-state index in [1.165, 1.54) is 24.5 Å². The number of rotatable bonds is 4. The fraction of sp³-hybridized carbons (Fsp3) is 0.200. The molecule has 0 fully saturated rings. The number of carboxylic acid groups (broad SMARTS) is 1. The van der Waals surface area contributed by atoms with Crippen molar-refractivity contribution in [3.63, 3.8) is 0 Å². The van der Waals surface area contributed by atoms with Crippen LogP contribution in [0.25, 0.3) is 11.3 Å². The second-order valence-electron chi connectivity index (χ2n) is 4.93. The van der Waals surface area contributed by atoms with Crippen LogP contribution in [0.1, 0.15) is 29.2 Å². The molecule has 0 saturated heterocycles. The molecule has 2 heterocycles. The lowest BCUT2D eigenvalue weighted by molar-refractivity contribution is -0.273. The van der Waals surface area contributed by atoms with Crippen LogP contribution in [0, 0.1) is 0 Å². The van der Waals surface area contributed by atoms with E-state index in [1.807, 2.05) is 6.92 Å². The molecule has 3 rings (SSSR count). The summed E-state index contributed by atoms with van der Waals surface area (Å²) in [6.07, 6.45) is 2.52. The summed E-state index contributed by atoms with van der Waals surface area (Å²) < 4.78 is 1.14. The Morgan fingerprint density at radius 3 is 2.70 bits per heavy atom. The molecule has 0 radical (unpaired) electrons. The monoisotopic (exact) mass is 318 g/mol. The van der Waals surface area contributed by atoms with Crippen molar-refractivity contribution in [2.45, 2.75) is 19.6 Å². The summed E-state index contributed by atoms with van der Waals surface area (Å²) in [6.45, 7) is 1.85. The van der Waals surface area contributed by atoms with Crippen LogP contribution in [0.5, 0.6) is 11.5 Å². The van der Waals surface area contributed by atoms with Crippen molar-refractivity contribution >= 4 is 5.97 Å². The van der Waals surface area contributed by atoms with Crippen molar-refractivity contribution < 1.29 is 29.9 Å². The van der Waals surface area contributed by atoms with E-state index in [4.69, 9.17) is 4.89 Å². The molecule has 1 aliphatic rings. The van der Waals surface area contributed by atoms with Crippen LogP contribution in [0.2, 0.25) is 0 Å². The Labute approximate surface area is 130 Å². The van der Waals surface area contributed by atoms with Gasteiger partial charge in [0.1, 0.15) is 23.5 Å². The van der Waals surface area contributed by atoms with Crippen LogP contribution in [-0.4, -0.2) is 31.1 Å². The van der Waals surface area contributed by atoms with Crippen LogP contribution in [-0.2, 0) is 16.2 Å². The van der Waals surface area contributed by atoms with E-state index in [-0.39, 0.29) is 22.9 Å². The minimum atomic E-state index is -1.19. The van der Waals surface area contributed by atoms with Crippen molar-refractivity contribution in [3.05, 3.63) is 41.8 Å². The van der Waals surface area contributed by atoms with Crippen LogP contribution in [0.3, 0.4) is 0 Å². The maximum Gasteiger partial charge on any atom is 0.354 e. The first-order valence-electron chi connectivity index (χ1n) is 6.88. The number of carbonyl (C=O) groups is 1. The highest BCUT2D eigenvalue weighted by molar-refractivity contribution is 5.88. The smallest absolute Gasteiger partial charge is 0.354 e. The zero-order valence-corrected chi connectivity index (χ0v) is 12.1. The quantitative estimate of drug-likeness (QED) is 0.740. The fourth-order valence-corrected chi connectivity index (χ4v) is 2.33. The van der Waals surface area contributed by atoms with Gasteiger partial charge in [-0.2, -0.15) is 9.99 Å². The van der Waals surface area contributed by atoms with E-state index in [2.05, 4.69) is 9.99 Å². The molecule has 23 heavy (non-hydrogen) atoms. The number of aryl methyl sites for hydroxylation is 1. The number of aromatic carboxylic acids is 1. The molecule has 0 amide bonds. The van der Waals surface area contributed by atoms with Crippen molar-refractivity contribution in [1.29, 1.82) is 0 Å². The lowest BCUT2D eigenvalue weighted by Crippen LogP contribution is -2.15. The van der Waals surface area contributed by atoms with Crippen LogP contribution in [0.15, 0.2) is 30.5 Å². The van der Waals surface area contributed by atoms with E-state index in [9.17, 15) is 20.1 Å². The summed E-state index contributed by atoms with van der Waals surface area (Å²) in [4.78, 5) is 20.9.